The third kappa shape index (κ3) is 3.54. The SMILES string of the molecule is COc1ccc(CNc2ccnc3nc(CCc4ccco4)[nH]c23)cc1. The molecule has 0 spiro atoms. The van der Waals surface area contributed by atoms with Crippen molar-refractivity contribution in [3.8, 4) is 5.75 Å². The van der Waals surface area contributed by atoms with Gasteiger partial charge >= 0.3 is 0 Å². The summed E-state index contributed by atoms with van der Waals surface area (Å²) in [7, 11) is 1.67. The highest BCUT2D eigenvalue weighted by Gasteiger charge is 2.09. The van der Waals surface area contributed by atoms with Crippen molar-refractivity contribution in [2.24, 2.45) is 0 Å². The van der Waals surface area contributed by atoms with Gasteiger partial charge in [0.1, 0.15) is 22.9 Å². The van der Waals surface area contributed by atoms with Crippen LogP contribution in [0.5, 0.6) is 5.75 Å². The molecule has 2 N–H and O–H groups in total. The molecule has 6 nitrogen and oxygen atoms in total. The second-order valence-corrected chi connectivity index (χ2v) is 6.02. The van der Waals surface area contributed by atoms with E-state index in [-0.39, 0.29) is 0 Å². The number of furan rings is 1. The molecule has 0 aliphatic carbocycles. The Labute approximate surface area is 151 Å². The molecule has 0 unspecified atom stereocenters. The van der Waals surface area contributed by atoms with Crippen LogP contribution in [0.1, 0.15) is 17.1 Å². The van der Waals surface area contributed by atoms with E-state index in [4.69, 9.17) is 9.15 Å². The lowest BCUT2D eigenvalue weighted by atomic mass is 10.2. The maximum Gasteiger partial charge on any atom is 0.179 e. The van der Waals surface area contributed by atoms with Crippen molar-refractivity contribution in [1.29, 1.82) is 0 Å². The third-order valence-corrected chi connectivity index (χ3v) is 4.27. The van der Waals surface area contributed by atoms with Crippen molar-refractivity contribution in [2.45, 2.75) is 19.4 Å². The zero-order valence-electron chi connectivity index (χ0n) is 14.5. The van der Waals surface area contributed by atoms with Crippen molar-refractivity contribution in [1.82, 2.24) is 15.0 Å². The van der Waals surface area contributed by atoms with E-state index < -0.39 is 0 Å². The molecule has 6 heteroatoms. The van der Waals surface area contributed by atoms with Crippen LogP contribution in [0.15, 0.2) is 59.3 Å². The highest BCUT2D eigenvalue weighted by Crippen LogP contribution is 2.21. The highest BCUT2D eigenvalue weighted by atomic mass is 16.5. The van der Waals surface area contributed by atoms with Crippen LogP contribution >= 0.6 is 0 Å². The number of nitrogens with one attached hydrogen (secondary N) is 2. The molecule has 0 saturated heterocycles. The molecular weight excluding hydrogens is 328 g/mol. The van der Waals surface area contributed by atoms with Crippen molar-refractivity contribution in [2.75, 3.05) is 12.4 Å². The molecule has 0 atom stereocenters. The predicted molar refractivity (Wildman–Crippen MR) is 100 cm³/mol. The lowest BCUT2D eigenvalue weighted by Gasteiger charge is -2.08. The normalized spacial score (nSPS) is 11.0. The van der Waals surface area contributed by atoms with Gasteiger partial charge in [-0.25, -0.2) is 9.97 Å². The summed E-state index contributed by atoms with van der Waals surface area (Å²) < 4.78 is 10.6. The van der Waals surface area contributed by atoms with Crippen LogP contribution in [-0.4, -0.2) is 22.1 Å². The van der Waals surface area contributed by atoms with Crippen LogP contribution in [0.2, 0.25) is 0 Å². The summed E-state index contributed by atoms with van der Waals surface area (Å²) in [5.74, 6) is 2.72. The molecule has 4 aromatic rings. The van der Waals surface area contributed by atoms with Gasteiger partial charge in [-0.15, -0.1) is 0 Å². The molecule has 1 aromatic carbocycles. The fraction of sp³-hybridized carbons (Fsp3) is 0.200. The summed E-state index contributed by atoms with van der Waals surface area (Å²) in [6.45, 7) is 0.712. The molecule has 0 radical (unpaired) electrons. The quantitative estimate of drug-likeness (QED) is 0.529. The fourth-order valence-electron chi connectivity index (χ4n) is 2.86. The zero-order chi connectivity index (χ0) is 17.8. The van der Waals surface area contributed by atoms with E-state index >= 15 is 0 Å². The smallest absolute Gasteiger partial charge is 0.179 e. The number of rotatable bonds is 7. The summed E-state index contributed by atoms with van der Waals surface area (Å²) in [6.07, 6.45) is 5.05. The van der Waals surface area contributed by atoms with E-state index in [0.717, 1.165) is 47.0 Å². The summed E-state index contributed by atoms with van der Waals surface area (Å²) in [6, 6.07) is 13.8. The molecule has 132 valence electrons. The summed E-state index contributed by atoms with van der Waals surface area (Å²) in [5, 5.41) is 3.45. The number of anilines is 1. The average Bonchev–Trinajstić information content (AvgIpc) is 3.34. The Balaban J connectivity index is 1.47. The minimum absolute atomic E-state index is 0.712. The number of hydrogen-bond donors (Lipinski definition) is 2. The number of imidazole rings is 1. The van der Waals surface area contributed by atoms with Crippen molar-refractivity contribution in [3.05, 3.63) is 72.1 Å². The van der Waals surface area contributed by atoms with Gasteiger partial charge in [-0.2, -0.15) is 0 Å². The van der Waals surface area contributed by atoms with Crippen LogP contribution in [0.4, 0.5) is 5.69 Å². The van der Waals surface area contributed by atoms with Crippen LogP contribution < -0.4 is 10.1 Å². The third-order valence-electron chi connectivity index (χ3n) is 4.27. The molecule has 0 aliphatic rings. The number of pyridine rings is 1. The Kier molecular flexibility index (Phi) is 4.55. The predicted octanol–water partition coefficient (Wildman–Crippen LogP) is 3.96. The van der Waals surface area contributed by atoms with E-state index in [2.05, 4.69) is 20.3 Å². The summed E-state index contributed by atoms with van der Waals surface area (Å²) >= 11 is 0. The number of ether oxygens (including phenoxy) is 1. The second kappa shape index (κ2) is 7.31. The number of benzene rings is 1. The topological polar surface area (TPSA) is 76.0 Å². The Morgan fingerprint density at radius 3 is 2.77 bits per heavy atom. The van der Waals surface area contributed by atoms with E-state index in [1.54, 1.807) is 19.6 Å². The monoisotopic (exact) mass is 348 g/mol. The molecule has 0 aliphatic heterocycles. The van der Waals surface area contributed by atoms with Gasteiger partial charge in [0, 0.05) is 25.6 Å². The summed E-state index contributed by atoms with van der Waals surface area (Å²) in [5.41, 5.74) is 3.81. The molecule has 26 heavy (non-hydrogen) atoms. The first-order valence-electron chi connectivity index (χ1n) is 8.54. The lowest BCUT2D eigenvalue weighted by Crippen LogP contribution is -2.00. The molecule has 0 saturated carbocycles. The molecule has 4 rings (SSSR count). The highest BCUT2D eigenvalue weighted by molar-refractivity contribution is 5.85. The Morgan fingerprint density at radius 1 is 1.12 bits per heavy atom. The number of fused-ring (bicyclic) bond motifs is 1. The van der Waals surface area contributed by atoms with Crippen LogP contribution in [-0.2, 0) is 19.4 Å². The number of nitrogens with zero attached hydrogens (tertiary/aromatic N) is 2. The molecule has 0 fully saturated rings. The number of methoxy groups -OCH3 is 1. The van der Waals surface area contributed by atoms with Crippen molar-refractivity contribution < 1.29 is 9.15 Å². The molecule has 0 bridgehead atoms. The van der Waals surface area contributed by atoms with E-state index in [9.17, 15) is 0 Å². The van der Waals surface area contributed by atoms with Gasteiger partial charge in [-0.1, -0.05) is 12.1 Å². The Morgan fingerprint density at radius 2 is 2.00 bits per heavy atom. The maximum atomic E-state index is 5.38. The minimum atomic E-state index is 0.712. The van der Waals surface area contributed by atoms with E-state index in [0.29, 0.717) is 6.54 Å². The van der Waals surface area contributed by atoms with Gasteiger partial charge < -0.3 is 19.5 Å². The number of H-pyrrole nitrogens is 1. The zero-order valence-corrected chi connectivity index (χ0v) is 14.5. The number of aryl methyl sites for hydroxylation is 2. The van der Waals surface area contributed by atoms with Crippen molar-refractivity contribution in [3.63, 3.8) is 0 Å². The standard InChI is InChI=1S/C20H20N4O2/c1-25-15-6-4-14(5-7-15)13-22-17-10-11-21-20-19(17)23-18(24-20)9-8-16-3-2-12-26-16/h2-7,10-12H,8-9,13H2,1H3,(H2,21,22,23,24). The van der Waals surface area contributed by atoms with Gasteiger partial charge in [0.2, 0.25) is 0 Å². The van der Waals surface area contributed by atoms with Gasteiger partial charge in [0.15, 0.2) is 5.65 Å². The first kappa shape index (κ1) is 16.2. The summed E-state index contributed by atoms with van der Waals surface area (Å²) in [4.78, 5) is 12.3. The van der Waals surface area contributed by atoms with E-state index in [1.165, 1.54) is 5.56 Å². The van der Waals surface area contributed by atoms with Crippen LogP contribution in [0, 0.1) is 0 Å². The van der Waals surface area contributed by atoms with Crippen LogP contribution in [0.25, 0.3) is 11.2 Å². The first-order chi connectivity index (χ1) is 12.8. The number of aromatic nitrogens is 3. The first-order valence-corrected chi connectivity index (χ1v) is 8.54. The molecule has 3 aromatic heterocycles. The van der Waals surface area contributed by atoms with Gasteiger partial charge in [-0.05, 0) is 35.9 Å². The maximum absolute atomic E-state index is 5.38. The fourth-order valence-corrected chi connectivity index (χ4v) is 2.86. The van der Waals surface area contributed by atoms with Crippen LogP contribution in [0.3, 0.4) is 0 Å². The Hall–Kier alpha value is -3.28. The lowest BCUT2D eigenvalue weighted by molar-refractivity contribution is 0.414. The molecule has 0 amide bonds. The van der Waals surface area contributed by atoms with Gasteiger partial charge in [-0.3, -0.25) is 0 Å². The van der Waals surface area contributed by atoms with Gasteiger partial charge in [0.05, 0.1) is 19.1 Å². The van der Waals surface area contributed by atoms with E-state index in [1.807, 2.05) is 42.5 Å². The van der Waals surface area contributed by atoms with Crippen molar-refractivity contribution >= 4 is 16.9 Å². The molecular formula is C20H20N4O2. The number of hydrogen-bond acceptors (Lipinski definition) is 5. The average molecular weight is 348 g/mol. The molecule has 3 heterocycles. The largest absolute Gasteiger partial charge is 0.497 e. The Bertz CT molecular complexity index is 975. The minimum Gasteiger partial charge on any atom is -0.497 e. The number of aromatic amines is 1. The van der Waals surface area contributed by atoms with Gasteiger partial charge in [0.25, 0.3) is 0 Å². The second-order valence-electron chi connectivity index (χ2n) is 6.02.